The van der Waals surface area contributed by atoms with Crippen LogP contribution in [0.5, 0.6) is 0 Å². The molecule has 2 atom stereocenters. The average molecular weight is 300 g/mol. The summed E-state index contributed by atoms with van der Waals surface area (Å²) < 4.78 is 10.8. The minimum atomic E-state index is -1.07. The number of nitrogens with zero attached hydrogens (tertiary/aromatic N) is 1. The fourth-order valence-corrected chi connectivity index (χ4v) is 3.21. The highest BCUT2D eigenvalue weighted by Gasteiger charge is 2.49. The Kier molecular flexibility index (Phi) is 4.73. The molecule has 0 aromatic rings. The summed E-state index contributed by atoms with van der Waals surface area (Å²) in [7, 11) is 1.60. The van der Waals surface area contributed by atoms with E-state index >= 15 is 0 Å². The third kappa shape index (κ3) is 2.85. The number of amides is 2. The molecule has 0 bridgehead atoms. The van der Waals surface area contributed by atoms with Gasteiger partial charge in [-0.3, -0.25) is 0 Å². The van der Waals surface area contributed by atoms with Gasteiger partial charge in [-0.2, -0.15) is 0 Å². The maximum Gasteiger partial charge on any atom is 0.329 e. The Labute approximate surface area is 124 Å². The Hall–Kier alpha value is -1.34. The second kappa shape index (κ2) is 6.19. The smallest absolute Gasteiger partial charge is 0.329 e. The maximum absolute atomic E-state index is 12.4. The maximum atomic E-state index is 12.4. The van der Waals surface area contributed by atoms with Gasteiger partial charge in [0.25, 0.3) is 0 Å². The molecule has 120 valence electrons. The van der Waals surface area contributed by atoms with E-state index in [1.807, 2.05) is 0 Å². The molecule has 2 unspecified atom stereocenters. The first-order valence-electron chi connectivity index (χ1n) is 7.41. The number of nitrogens with one attached hydrogen (secondary N) is 1. The summed E-state index contributed by atoms with van der Waals surface area (Å²) >= 11 is 0. The lowest BCUT2D eigenvalue weighted by molar-refractivity contribution is -0.148. The molecule has 7 heteroatoms. The highest BCUT2D eigenvalue weighted by molar-refractivity contribution is 5.87. The molecular weight excluding hydrogens is 276 g/mol. The van der Waals surface area contributed by atoms with Gasteiger partial charge in [-0.1, -0.05) is 6.92 Å². The number of carboxylic acids is 1. The van der Waals surface area contributed by atoms with Crippen molar-refractivity contribution in [3.05, 3.63) is 0 Å². The van der Waals surface area contributed by atoms with Crippen LogP contribution in [0.4, 0.5) is 4.79 Å². The molecule has 2 saturated heterocycles. The second-order valence-electron chi connectivity index (χ2n) is 5.79. The number of carbonyl (C=O) groups excluding carboxylic acids is 1. The van der Waals surface area contributed by atoms with Gasteiger partial charge in [0.1, 0.15) is 11.1 Å². The van der Waals surface area contributed by atoms with Crippen molar-refractivity contribution in [3.8, 4) is 0 Å². The molecule has 2 aliphatic heterocycles. The first kappa shape index (κ1) is 16.0. The van der Waals surface area contributed by atoms with Crippen LogP contribution in [0.1, 0.15) is 32.6 Å². The van der Waals surface area contributed by atoms with E-state index in [0.29, 0.717) is 45.6 Å². The zero-order valence-electron chi connectivity index (χ0n) is 12.7. The lowest BCUT2D eigenvalue weighted by Crippen LogP contribution is -2.57. The van der Waals surface area contributed by atoms with Crippen molar-refractivity contribution in [3.63, 3.8) is 0 Å². The van der Waals surface area contributed by atoms with E-state index in [4.69, 9.17) is 9.47 Å². The number of carboxylic acid groups (broad SMARTS) is 1. The molecule has 0 spiro atoms. The molecule has 2 amide bonds. The van der Waals surface area contributed by atoms with Gasteiger partial charge in [-0.15, -0.1) is 0 Å². The van der Waals surface area contributed by atoms with Gasteiger partial charge >= 0.3 is 12.0 Å². The number of carbonyl (C=O) groups is 2. The van der Waals surface area contributed by atoms with Crippen molar-refractivity contribution in [1.29, 1.82) is 0 Å². The first-order valence-corrected chi connectivity index (χ1v) is 7.41. The number of hydrogen-bond acceptors (Lipinski definition) is 4. The van der Waals surface area contributed by atoms with Gasteiger partial charge in [0, 0.05) is 26.7 Å². The van der Waals surface area contributed by atoms with E-state index in [-0.39, 0.29) is 6.03 Å². The molecule has 2 aliphatic rings. The standard InChI is InChI=1S/C14H24N2O5/c1-3-14(11(17)18)5-4-7-16(14)12(19)15-9-13(20-2)6-8-21-10-13/h3-10H2,1-2H3,(H,15,19)(H,17,18). The summed E-state index contributed by atoms with van der Waals surface area (Å²) in [5.74, 6) is -0.927. The van der Waals surface area contributed by atoms with Crippen LogP contribution in [0.25, 0.3) is 0 Å². The fraction of sp³-hybridized carbons (Fsp3) is 0.857. The summed E-state index contributed by atoms with van der Waals surface area (Å²) in [6.45, 7) is 3.67. The summed E-state index contributed by atoms with van der Waals surface area (Å²) in [6.07, 6.45) is 2.35. The van der Waals surface area contributed by atoms with Crippen LogP contribution in [-0.2, 0) is 14.3 Å². The van der Waals surface area contributed by atoms with Crippen molar-refractivity contribution >= 4 is 12.0 Å². The molecule has 2 N–H and O–H groups in total. The topological polar surface area (TPSA) is 88.1 Å². The molecule has 0 aromatic heterocycles. The molecule has 21 heavy (non-hydrogen) atoms. The summed E-state index contributed by atoms with van der Waals surface area (Å²) in [5.41, 5.74) is -1.57. The van der Waals surface area contributed by atoms with E-state index in [1.165, 1.54) is 4.90 Å². The molecule has 2 fully saturated rings. The second-order valence-corrected chi connectivity index (χ2v) is 5.79. The lowest BCUT2D eigenvalue weighted by Gasteiger charge is -2.35. The van der Waals surface area contributed by atoms with Gasteiger partial charge in [-0.05, 0) is 19.3 Å². The molecule has 0 aromatic carbocycles. The molecule has 0 aliphatic carbocycles. The summed E-state index contributed by atoms with van der Waals surface area (Å²) in [5, 5.41) is 12.3. The molecule has 7 nitrogen and oxygen atoms in total. The third-order valence-corrected chi connectivity index (χ3v) is 4.78. The molecule has 2 rings (SSSR count). The van der Waals surface area contributed by atoms with Gasteiger partial charge in [0.15, 0.2) is 0 Å². The number of urea groups is 1. The van der Waals surface area contributed by atoms with E-state index in [9.17, 15) is 14.7 Å². The van der Waals surface area contributed by atoms with Crippen LogP contribution >= 0.6 is 0 Å². The number of likely N-dealkylation sites (tertiary alicyclic amines) is 1. The fourth-order valence-electron chi connectivity index (χ4n) is 3.21. The normalized spacial score (nSPS) is 32.4. The van der Waals surface area contributed by atoms with Crippen molar-refractivity contribution in [2.75, 3.05) is 33.4 Å². The lowest BCUT2D eigenvalue weighted by atomic mass is 9.93. The monoisotopic (exact) mass is 300 g/mol. The Bertz CT molecular complexity index is 408. The third-order valence-electron chi connectivity index (χ3n) is 4.78. The summed E-state index contributed by atoms with van der Waals surface area (Å²) in [4.78, 5) is 25.4. The Morgan fingerprint density at radius 2 is 2.19 bits per heavy atom. The predicted octanol–water partition coefficient (Wildman–Crippen LogP) is 0.831. The Morgan fingerprint density at radius 1 is 1.43 bits per heavy atom. The van der Waals surface area contributed by atoms with Gasteiger partial charge < -0.3 is 24.8 Å². The number of rotatable bonds is 5. The average Bonchev–Trinajstić information content (AvgIpc) is 3.12. The Balaban J connectivity index is 2.01. The van der Waals surface area contributed by atoms with Crippen molar-refractivity contribution in [2.24, 2.45) is 0 Å². The van der Waals surface area contributed by atoms with Crippen molar-refractivity contribution in [1.82, 2.24) is 10.2 Å². The minimum absolute atomic E-state index is 0.332. The van der Waals surface area contributed by atoms with Crippen LogP contribution in [0.15, 0.2) is 0 Å². The zero-order valence-corrected chi connectivity index (χ0v) is 12.7. The molecular formula is C14H24N2O5. The minimum Gasteiger partial charge on any atom is -0.479 e. The molecule has 2 heterocycles. The predicted molar refractivity (Wildman–Crippen MR) is 75.2 cm³/mol. The van der Waals surface area contributed by atoms with E-state index < -0.39 is 17.1 Å². The first-order chi connectivity index (χ1) is 9.99. The van der Waals surface area contributed by atoms with E-state index in [2.05, 4.69) is 5.32 Å². The van der Waals surface area contributed by atoms with Gasteiger partial charge in [0.2, 0.25) is 0 Å². The van der Waals surface area contributed by atoms with Crippen molar-refractivity contribution in [2.45, 2.75) is 43.7 Å². The highest BCUT2D eigenvalue weighted by Crippen LogP contribution is 2.33. The van der Waals surface area contributed by atoms with Crippen LogP contribution in [0, 0.1) is 0 Å². The van der Waals surface area contributed by atoms with Crippen LogP contribution in [0.2, 0.25) is 0 Å². The van der Waals surface area contributed by atoms with E-state index in [1.54, 1.807) is 14.0 Å². The van der Waals surface area contributed by atoms with Gasteiger partial charge in [0.05, 0.1) is 13.2 Å². The van der Waals surface area contributed by atoms with Crippen LogP contribution < -0.4 is 5.32 Å². The SMILES string of the molecule is CCC1(C(=O)O)CCCN1C(=O)NCC1(OC)CCOC1. The van der Waals surface area contributed by atoms with Crippen molar-refractivity contribution < 1.29 is 24.2 Å². The summed E-state index contributed by atoms with van der Waals surface area (Å²) in [6, 6.07) is -0.333. The van der Waals surface area contributed by atoms with Crippen LogP contribution in [0.3, 0.4) is 0 Å². The number of aliphatic carboxylic acids is 1. The largest absolute Gasteiger partial charge is 0.479 e. The van der Waals surface area contributed by atoms with E-state index in [0.717, 1.165) is 6.42 Å². The molecule has 0 radical (unpaired) electrons. The number of methoxy groups -OCH3 is 1. The number of ether oxygens (including phenoxy) is 2. The Morgan fingerprint density at radius 3 is 2.71 bits per heavy atom. The van der Waals surface area contributed by atoms with Crippen LogP contribution in [-0.4, -0.2) is 66.6 Å². The number of hydrogen-bond donors (Lipinski definition) is 2. The molecule has 0 saturated carbocycles. The van der Waals surface area contributed by atoms with Gasteiger partial charge in [-0.25, -0.2) is 9.59 Å². The zero-order chi connectivity index (χ0) is 15.5. The quantitative estimate of drug-likeness (QED) is 0.785. The highest BCUT2D eigenvalue weighted by atomic mass is 16.5.